The van der Waals surface area contributed by atoms with Crippen LogP contribution in [0.2, 0.25) is 5.02 Å². The smallest absolute Gasteiger partial charge is 0.339 e. The number of aryl methyl sites for hydroxylation is 1. The van der Waals surface area contributed by atoms with E-state index in [1.807, 2.05) is 4.72 Å². The molecule has 0 aliphatic heterocycles. The van der Waals surface area contributed by atoms with E-state index in [0.29, 0.717) is 5.56 Å². The Hall–Kier alpha value is -2.32. The van der Waals surface area contributed by atoms with Crippen LogP contribution in [0.3, 0.4) is 0 Å². The van der Waals surface area contributed by atoms with Gasteiger partial charge in [0.25, 0.3) is 10.0 Å². The van der Waals surface area contributed by atoms with Crippen molar-refractivity contribution in [3.8, 4) is 5.75 Å². The fourth-order valence-corrected chi connectivity index (χ4v) is 3.33. The zero-order chi connectivity index (χ0) is 17.4. The summed E-state index contributed by atoms with van der Waals surface area (Å²) in [5.41, 5.74) is -0.695. The molecule has 0 saturated carbocycles. The number of halogens is 2. The molecule has 2 aromatic carbocycles. The van der Waals surface area contributed by atoms with Gasteiger partial charge in [0.05, 0.1) is 10.7 Å². The van der Waals surface area contributed by atoms with Gasteiger partial charge in [-0.05, 0) is 36.8 Å². The molecule has 0 radical (unpaired) electrons. The Bertz CT molecular complexity index is 898. The average Bonchev–Trinajstić information content (AvgIpc) is 2.45. The molecule has 0 spiro atoms. The van der Waals surface area contributed by atoms with Crippen molar-refractivity contribution in [2.24, 2.45) is 0 Å². The molecule has 2 rings (SSSR count). The molecule has 6 nitrogen and oxygen atoms in total. The van der Waals surface area contributed by atoms with Gasteiger partial charge < -0.3 is 10.2 Å². The first-order valence-corrected chi connectivity index (χ1v) is 8.03. The van der Waals surface area contributed by atoms with E-state index >= 15 is 0 Å². The first kappa shape index (κ1) is 17.0. The summed E-state index contributed by atoms with van der Waals surface area (Å²) in [5.74, 6) is -3.40. The molecular weight excluding hydrogens is 349 g/mol. The lowest BCUT2D eigenvalue weighted by Crippen LogP contribution is -2.15. The minimum Gasteiger partial charge on any atom is -0.506 e. The van der Waals surface area contributed by atoms with E-state index in [1.165, 1.54) is 19.1 Å². The van der Waals surface area contributed by atoms with E-state index in [2.05, 4.69) is 0 Å². The van der Waals surface area contributed by atoms with Gasteiger partial charge >= 0.3 is 5.97 Å². The second kappa shape index (κ2) is 6.05. The molecule has 0 aromatic heterocycles. The summed E-state index contributed by atoms with van der Waals surface area (Å²) in [6.07, 6.45) is 0. The van der Waals surface area contributed by atoms with E-state index in [9.17, 15) is 22.7 Å². The van der Waals surface area contributed by atoms with Crippen LogP contribution in [0.5, 0.6) is 5.75 Å². The van der Waals surface area contributed by atoms with Crippen molar-refractivity contribution in [2.75, 3.05) is 4.72 Å². The molecule has 0 aliphatic carbocycles. The zero-order valence-corrected chi connectivity index (χ0v) is 13.2. The molecule has 0 heterocycles. The van der Waals surface area contributed by atoms with Gasteiger partial charge in [-0.25, -0.2) is 17.6 Å². The van der Waals surface area contributed by atoms with E-state index in [-0.39, 0.29) is 5.02 Å². The van der Waals surface area contributed by atoms with Gasteiger partial charge in [0, 0.05) is 0 Å². The molecule has 3 N–H and O–H groups in total. The van der Waals surface area contributed by atoms with Gasteiger partial charge in [-0.2, -0.15) is 0 Å². The Labute approximate surface area is 136 Å². The van der Waals surface area contributed by atoms with Crippen molar-refractivity contribution in [1.82, 2.24) is 0 Å². The minimum absolute atomic E-state index is 0.287. The number of aromatic carboxylic acids is 1. The maximum Gasteiger partial charge on any atom is 0.339 e. The fraction of sp³-hybridized carbons (Fsp3) is 0.0714. The summed E-state index contributed by atoms with van der Waals surface area (Å²) >= 11 is 5.58. The number of carboxylic acids is 1. The van der Waals surface area contributed by atoms with Crippen LogP contribution in [-0.4, -0.2) is 24.6 Å². The van der Waals surface area contributed by atoms with Crippen LogP contribution in [0.4, 0.5) is 10.1 Å². The van der Waals surface area contributed by atoms with E-state index < -0.39 is 43.7 Å². The van der Waals surface area contributed by atoms with Crippen molar-refractivity contribution >= 4 is 33.3 Å². The minimum atomic E-state index is -4.42. The largest absolute Gasteiger partial charge is 0.506 e. The average molecular weight is 360 g/mol. The number of hydrogen-bond donors (Lipinski definition) is 3. The number of carbonyl (C=O) groups is 1. The summed E-state index contributed by atoms with van der Waals surface area (Å²) in [4.78, 5) is 10.4. The van der Waals surface area contributed by atoms with Crippen molar-refractivity contribution in [2.45, 2.75) is 11.8 Å². The van der Waals surface area contributed by atoms with Gasteiger partial charge in [0.2, 0.25) is 0 Å². The molecule has 0 amide bonds. The maximum absolute atomic E-state index is 13.8. The highest BCUT2D eigenvalue weighted by Crippen LogP contribution is 2.31. The summed E-state index contributed by atoms with van der Waals surface area (Å²) < 4.78 is 40.4. The molecule has 0 bridgehead atoms. The number of sulfonamides is 1. The number of hydrogen-bond acceptors (Lipinski definition) is 4. The molecule has 9 heteroatoms. The number of anilines is 1. The third-order valence-electron chi connectivity index (χ3n) is 2.94. The van der Waals surface area contributed by atoms with E-state index in [1.54, 1.807) is 0 Å². The molecule has 23 heavy (non-hydrogen) atoms. The van der Waals surface area contributed by atoms with E-state index in [0.717, 1.165) is 18.2 Å². The summed E-state index contributed by atoms with van der Waals surface area (Å²) in [6, 6.07) is 5.91. The number of rotatable bonds is 4. The third-order valence-corrected chi connectivity index (χ3v) is 4.61. The van der Waals surface area contributed by atoms with Crippen LogP contribution in [0, 0.1) is 12.7 Å². The molecule has 0 aliphatic rings. The normalized spacial score (nSPS) is 11.3. The highest BCUT2D eigenvalue weighted by atomic mass is 35.5. The predicted octanol–water partition coefficient (Wildman–Crippen LogP) is 2.99. The van der Waals surface area contributed by atoms with Gasteiger partial charge in [0.15, 0.2) is 11.6 Å². The Kier molecular flexibility index (Phi) is 4.49. The molecule has 0 saturated heterocycles. The molecule has 0 unspecified atom stereocenters. The lowest BCUT2D eigenvalue weighted by molar-refractivity contribution is 0.0693. The number of phenols is 1. The van der Waals surface area contributed by atoms with Gasteiger partial charge in [-0.15, -0.1) is 0 Å². The molecule has 0 atom stereocenters. The SMILES string of the molecule is Cc1cc(C(=O)O)c(O)c(S(=O)(=O)Nc2cccc(Cl)c2F)c1. The van der Waals surface area contributed by atoms with Crippen LogP contribution in [0.25, 0.3) is 0 Å². The lowest BCUT2D eigenvalue weighted by Gasteiger charge is -2.12. The second-order valence-electron chi connectivity index (χ2n) is 4.67. The summed E-state index contributed by atoms with van der Waals surface area (Å²) in [6.45, 7) is 1.46. The number of carboxylic acid groups (broad SMARTS) is 1. The van der Waals surface area contributed by atoms with Crippen LogP contribution in [0.15, 0.2) is 35.2 Å². The molecule has 0 fully saturated rings. The molecule has 2 aromatic rings. The van der Waals surface area contributed by atoms with Crippen LogP contribution in [0.1, 0.15) is 15.9 Å². The number of nitrogens with one attached hydrogen (secondary N) is 1. The first-order valence-electron chi connectivity index (χ1n) is 6.17. The highest BCUT2D eigenvalue weighted by Gasteiger charge is 2.25. The Morgan fingerprint density at radius 3 is 2.57 bits per heavy atom. The van der Waals surface area contributed by atoms with Crippen LogP contribution < -0.4 is 4.72 Å². The Morgan fingerprint density at radius 1 is 1.30 bits per heavy atom. The monoisotopic (exact) mass is 359 g/mol. The van der Waals surface area contributed by atoms with Gasteiger partial charge in [-0.1, -0.05) is 17.7 Å². The standard InChI is InChI=1S/C14H11ClFNO5S/c1-7-5-8(14(19)20)13(18)11(6-7)23(21,22)17-10-4-2-3-9(15)12(10)16/h2-6,17-18H,1H3,(H,19,20). The molecule has 122 valence electrons. The lowest BCUT2D eigenvalue weighted by atomic mass is 10.1. The maximum atomic E-state index is 13.8. The number of benzene rings is 2. The van der Waals surface area contributed by atoms with Crippen molar-refractivity contribution in [3.05, 3.63) is 52.3 Å². The quantitative estimate of drug-likeness (QED) is 0.778. The van der Waals surface area contributed by atoms with Gasteiger partial charge in [-0.3, -0.25) is 4.72 Å². The topological polar surface area (TPSA) is 104 Å². The predicted molar refractivity (Wildman–Crippen MR) is 82.0 cm³/mol. The summed E-state index contributed by atoms with van der Waals surface area (Å²) in [5, 5.41) is 18.6. The van der Waals surface area contributed by atoms with Crippen molar-refractivity contribution < 1.29 is 27.8 Å². The Morgan fingerprint density at radius 2 is 1.96 bits per heavy atom. The van der Waals surface area contributed by atoms with Crippen LogP contribution in [-0.2, 0) is 10.0 Å². The van der Waals surface area contributed by atoms with Crippen LogP contribution >= 0.6 is 11.6 Å². The first-order chi connectivity index (χ1) is 10.6. The number of aromatic hydroxyl groups is 1. The fourth-order valence-electron chi connectivity index (χ4n) is 1.90. The summed E-state index contributed by atoms with van der Waals surface area (Å²) in [7, 11) is -4.42. The van der Waals surface area contributed by atoms with Crippen molar-refractivity contribution in [1.29, 1.82) is 0 Å². The third kappa shape index (κ3) is 3.38. The molecular formula is C14H11ClFNO5S. The van der Waals surface area contributed by atoms with Crippen molar-refractivity contribution in [3.63, 3.8) is 0 Å². The second-order valence-corrected chi connectivity index (χ2v) is 6.73. The highest BCUT2D eigenvalue weighted by molar-refractivity contribution is 7.92. The Balaban J connectivity index is 2.57. The zero-order valence-electron chi connectivity index (χ0n) is 11.7. The van der Waals surface area contributed by atoms with E-state index in [4.69, 9.17) is 16.7 Å². The van der Waals surface area contributed by atoms with Gasteiger partial charge in [0.1, 0.15) is 10.5 Å².